The van der Waals surface area contributed by atoms with Gasteiger partial charge in [-0.25, -0.2) is 14.4 Å². The smallest absolute Gasteiger partial charge is 0.338 e. The van der Waals surface area contributed by atoms with Crippen LogP contribution in [0.4, 0.5) is 4.79 Å². The van der Waals surface area contributed by atoms with Gasteiger partial charge in [0.1, 0.15) is 6.61 Å². The monoisotopic (exact) mass is 456 g/mol. The molecular formula is C27H24N2O5. The third-order valence-corrected chi connectivity index (χ3v) is 5.36. The van der Waals surface area contributed by atoms with Crippen molar-refractivity contribution in [1.29, 1.82) is 0 Å². The zero-order valence-corrected chi connectivity index (χ0v) is 18.6. The number of amides is 2. The van der Waals surface area contributed by atoms with Crippen LogP contribution in [0.1, 0.15) is 28.9 Å². The topological polar surface area (TPSA) is 93.7 Å². The zero-order chi connectivity index (χ0) is 23.9. The fourth-order valence-corrected chi connectivity index (χ4v) is 3.73. The van der Waals surface area contributed by atoms with E-state index >= 15 is 0 Å². The molecule has 2 N–H and O–H groups in total. The summed E-state index contributed by atoms with van der Waals surface area (Å²) < 4.78 is 10.7. The van der Waals surface area contributed by atoms with Crippen LogP contribution < -0.4 is 10.6 Å². The first-order chi connectivity index (χ1) is 16.6. The van der Waals surface area contributed by atoms with E-state index in [1.165, 1.54) is 0 Å². The van der Waals surface area contributed by atoms with Crippen LogP contribution in [0.5, 0.6) is 0 Å². The number of carbonyl (C=O) groups excluding carboxylic acids is 3. The lowest BCUT2D eigenvalue weighted by molar-refractivity contribution is -0.139. The summed E-state index contributed by atoms with van der Waals surface area (Å²) >= 11 is 0. The SMILES string of the molecule is CCOC(=O)C1=C(COC(=O)c2ccc(-c3ccccc3)cc2)NC(=O)N[C@@H]1c1ccccc1. The van der Waals surface area contributed by atoms with Gasteiger partial charge in [0.2, 0.25) is 0 Å². The molecule has 0 unspecified atom stereocenters. The van der Waals surface area contributed by atoms with Gasteiger partial charge < -0.3 is 20.1 Å². The summed E-state index contributed by atoms with van der Waals surface area (Å²) in [6.45, 7) is 1.58. The molecule has 3 aromatic rings. The third-order valence-electron chi connectivity index (χ3n) is 5.36. The number of hydrogen-bond donors (Lipinski definition) is 2. The molecule has 3 aromatic carbocycles. The Morgan fingerprint density at radius 2 is 1.41 bits per heavy atom. The molecule has 0 spiro atoms. The summed E-state index contributed by atoms with van der Waals surface area (Å²) in [5, 5.41) is 5.34. The highest BCUT2D eigenvalue weighted by Crippen LogP contribution is 2.28. The predicted molar refractivity (Wildman–Crippen MR) is 127 cm³/mol. The standard InChI is InChI=1S/C27H24N2O5/c1-2-33-26(31)23-22(28-27(32)29-24(23)20-11-7-4-8-12-20)17-34-25(30)21-15-13-19(14-16-21)18-9-5-3-6-10-18/h3-16,24H,2,17H2,1H3,(H2,28,29,32)/t24-/m1/s1. The zero-order valence-electron chi connectivity index (χ0n) is 18.6. The van der Waals surface area contributed by atoms with Crippen molar-refractivity contribution in [2.24, 2.45) is 0 Å². The average molecular weight is 456 g/mol. The number of carbonyl (C=O) groups is 3. The van der Waals surface area contributed by atoms with E-state index in [4.69, 9.17) is 9.47 Å². The van der Waals surface area contributed by atoms with Gasteiger partial charge in [-0.1, -0.05) is 72.8 Å². The summed E-state index contributed by atoms with van der Waals surface area (Å²) in [5.74, 6) is -1.17. The van der Waals surface area contributed by atoms with Crippen molar-refractivity contribution < 1.29 is 23.9 Å². The average Bonchev–Trinajstić information content (AvgIpc) is 2.88. The second-order valence-electron chi connectivity index (χ2n) is 7.57. The molecule has 4 rings (SSSR count). The fourth-order valence-electron chi connectivity index (χ4n) is 3.73. The number of benzene rings is 3. The molecule has 0 aliphatic carbocycles. The maximum absolute atomic E-state index is 12.8. The van der Waals surface area contributed by atoms with Crippen LogP contribution in [-0.2, 0) is 14.3 Å². The summed E-state index contributed by atoms with van der Waals surface area (Å²) in [6, 6.07) is 24.7. The van der Waals surface area contributed by atoms with Crippen LogP contribution >= 0.6 is 0 Å². The Morgan fingerprint density at radius 1 is 0.794 bits per heavy atom. The first-order valence-corrected chi connectivity index (χ1v) is 10.9. The molecular weight excluding hydrogens is 432 g/mol. The van der Waals surface area contributed by atoms with Gasteiger partial charge in [-0.15, -0.1) is 0 Å². The lowest BCUT2D eigenvalue weighted by Crippen LogP contribution is -2.47. The minimum atomic E-state index is -0.729. The minimum absolute atomic E-state index is 0.165. The van der Waals surface area contributed by atoms with Gasteiger partial charge in [0.25, 0.3) is 0 Å². The highest BCUT2D eigenvalue weighted by molar-refractivity contribution is 5.95. The Balaban J connectivity index is 1.55. The van der Waals surface area contributed by atoms with Crippen LogP contribution in [0.15, 0.2) is 96.2 Å². The molecule has 0 saturated heterocycles. The van der Waals surface area contributed by atoms with E-state index in [0.29, 0.717) is 11.1 Å². The van der Waals surface area contributed by atoms with Gasteiger partial charge in [0.05, 0.1) is 29.5 Å². The molecule has 7 heteroatoms. The molecule has 1 atom stereocenters. The van der Waals surface area contributed by atoms with Crippen LogP contribution in [-0.4, -0.2) is 31.2 Å². The molecule has 0 fully saturated rings. The van der Waals surface area contributed by atoms with Crippen molar-refractivity contribution in [3.63, 3.8) is 0 Å². The fraction of sp³-hybridized carbons (Fsp3) is 0.148. The highest BCUT2D eigenvalue weighted by Gasteiger charge is 2.34. The largest absolute Gasteiger partial charge is 0.463 e. The van der Waals surface area contributed by atoms with Gasteiger partial charge in [-0.05, 0) is 35.7 Å². The Kier molecular flexibility index (Phi) is 7.03. The number of ether oxygens (including phenoxy) is 2. The Morgan fingerprint density at radius 3 is 2.06 bits per heavy atom. The molecule has 1 aliphatic heterocycles. The molecule has 172 valence electrons. The molecule has 0 radical (unpaired) electrons. The molecule has 34 heavy (non-hydrogen) atoms. The molecule has 1 aliphatic rings. The molecule has 2 amide bonds. The van der Waals surface area contributed by atoms with Crippen molar-refractivity contribution in [3.05, 3.63) is 107 Å². The molecule has 0 aromatic heterocycles. The first kappa shape index (κ1) is 22.8. The maximum atomic E-state index is 12.8. The third kappa shape index (κ3) is 5.15. The summed E-state index contributed by atoms with van der Waals surface area (Å²) in [4.78, 5) is 37.8. The summed E-state index contributed by atoms with van der Waals surface area (Å²) in [6.07, 6.45) is 0. The van der Waals surface area contributed by atoms with Crippen LogP contribution in [0.3, 0.4) is 0 Å². The van der Waals surface area contributed by atoms with Gasteiger partial charge in [0, 0.05) is 0 Å². The Hall–Kier alpha value is -4.39. The lowest BCUT2D eigenvalue weighted by Gasteiger charge is -2.29. The van der Waals surface area contributed by atoms with Gasteiger partial charge in [0.15, 0.2) is 0 Å². The first-order valence-electron chi connectivity index (χ1n) is 10.9. The van der Waals surface area contributed by atoms with E-state index < -0.39 is 24.0 Å². The van der Waals surface area contributed by atoms with E-state index in [2.05, 4.69) is 10.6 Å². The van der Waals surface area contributed by atoms with Gasteiger partial charge >= 0.3 is 18.0 Å². The summed E-state index contributed by atoms with van der Waals surface area (Å²) in [7, 11) is 0. The minimum Gasteiger partial charge on any atom is -0.463 e. The van der Waals surface area contributed by atoms with E-state index in [1.807, 2.05) is 60.7 Å². The number of nitrogens with one attached hydrogen (secondary N) is 2. The van der Waals surface area contributed by atoms with E-state index in [9.17, 15) is 14.4 Å². The van der Waals surface area contributed by atoms with Crippen LogP contribution in [0.2, 0.25) is 0 Å². The second kappa shape index (κ2) is 10.5. The number of rotatable bonds is 7. The van der Waals surface area contributed by atoms with E-state index in [-0.39, 0.29) is 24.5 Å². The molecule has 0 saturated carbocycles. The van der Waals surface area contributed by atoms with Crippen molar-refractivity contribution >= 4 is 18.0 Å². The second-order valence-corrected chi connectivity index (χ2v) is 7.57. The van der Waals surface area contributed by atoms with E-state index in [1.54, 1.807) is 31.2 Å². The number of urea groups is 1. The summed E-state index contributed by atoms with van der Waals surface area (Å²) in [5.41, 5.74) is 3.46. The van der Waals surface area contributed by atoms with Crippen molar-refractivity contribution in [2.75, 3.05) is 13.2 Å². The van der Waals surface area contributed by atoms with E-state index in [0.717, 1.165) is 11.1 Å². The van der Waals surface area contributed by atoms with Gasteiger partial charge in [-0.3, -0.25) is 0 Å². The van der Waals surface area contributed by atoms with Gasteiger partial charge in [-0.2, -0.15) is 0 Å². The van der Waals surface area contributed by atoms with Crippen molar-refractivity contribution in [2.45, 2.75) is 13.0 Å². The van der Waals surface area contributed by atoms with Crippen LogP contribution in [0, 0.1) is 0 Å². The predicted octanol–water partition coefficient (Wildman–Crippen LogP) is 4.38. The molecule has 0 bridgehead atoms. The normalized spacial score (nSPS) is 15.2. The Bertz CT molecular complexity index is 1200. The highest BCUT2D eigenvalue weighted by atomic mass is 16.5. The Labute approximate surface area is 197 Å². The quantitative estimate of drug-likeness (QED) is 0.515. The van der Waals surface area contributed by atoms with Crippen LogP contribution in [0.25, 0.3) is 11.1 Å². The molecule has 7 nitrogen and oxygen atoms in total. The lowest BCUT2D eigenvalue weighted by atomic mass is 9.95. The number of esters is 2. The molecule has 1 heterocycles. The maximum Gasteiger partial charge on any atom is 0.338 e. The number of hydrogen-bond acceptors (Lipinski definition) is 5. The van der Waals surface area contributed by atoms with Crippen molar-refractivity contribution in [3.8, 4) is 11.1 Å². The van der Waals surface area contributed by atoms with Crippen molar-refractivity contribution in [1.82, 2.24) is 10.6 Å².